The largest absolute Gasteiger partial charge is 0.477 e. The fourth-order valence-corrected chi connectivity index (χ4v) is 1.35. The van der Waals surface area contributed by atoms with Crippen LogP contribution in [0.1, 0.15) is 10.4 Å². The van der Waals surface area contributed by atoms with E-state index in [1.54, 1.807) is 0 Å². The molecule has 0 fully saturated rings. The van der Waals surface area contributed by atoms with Gasteiger partial charge in [-0.05, 0) is 12.1 Å². The van der Waals surface area contributed by atoms with Gasteiger partial charge >= 0.3 is 11.7 Å². The number of carbonyl (C=O) groups is 1. The van der Waals surface area contributed by atoms with Crippen molar-refractivity contribution in [2.45, 2.75) is 0 Å². The fraction of sp³-hybridized carbons (Fsp3) is 0. The van der Waals surface area contributed by atoms with Crippen LogP contribution in [0.4, 0.5) is 5.69 Å². The van der Waals surface area contributed by atoms with Gasteiger partial charge in [-0.2, -0.15) is 0 Å². The van der Waals surface area contributed by atoms with E-state index in [4.69, 9.17) is 5.11 Å². The highest BCUT2D eigenvalue weighted by Crippen LogP contribution is 2.26. The number of carboxylic acid groups (broad SMARTS) is 1. The lowest BCUT2D eigenvalue weighted by molar-refractivity contribution is -0.383. The lowest BCUT2D eigenvalue weighted by Crippen LogP contribution is -2.03. The zero-order valence-corrected chi connectivity index (χ0v) is 7.30. The van der Waals surface area contributed by atoms with E-state index in [1.807, 2.05) is 0 Å². The molecule has 0 radical (unpaired) electrons. The molecule has 7 nitrogen and oxygen atoms in total. The number of benzene rings is 1. The standard InChI is InChI=1S/C8H5N3O4/c12-8(13)4-1-2-5-6(10-3-9-5)7(4)11(14)15/h1-3H,(H,9,10)(H,12,13). The first-order chi connectivity index (χ1) is 7.11. The van der Waals surface area contributed by atoms with Gasteiger partial charge < -0.3 is 10.1 Å². The van der Waals surface area contributed by atoms with Crippen LogP contribution >= 0.6 is 0 Å². The maximum atomic E-state index is 10.7. The average Bonchev–Trinajstić information content (AvgIpc) is 2.62. The Balaban J connectivity index is 2.87. The number of nitrogens with one attached hydrogen (secondary N) is 1. The molecular weight excluding hydrogens is 202 g/mol. The number of hydrogen-bond donors (Lipinski definition) is 2. The highest BCUT2D eigenvalue weighted by molar-refractivity contribution is 6.00. The zero-order chi connectivity index (χ0) is 11.0. The quantitative estimate of drug-likeness (QED) is 0.567. The van der Waals surface area contributed by atoms with Crippen molar-refractivity contribution in [3.63, 3.8) is 0 Å². The normalized spacial score (nSPS) is 10.4. The third kappa shape index (κ3) is 1.30. The molecule has 15 heavy (non-hydrogen) atoms. The molecule has 1 heterocycles. The summed E-state index contributed by atoms with van der Waals surface area (Å²) in [6, 6.07) is 2.62. The van der Waals surface area contributed by atoms with Crippen LogP contribution in [0.25, 0.3) is 11.0 Å². The number of nitro benzene ring substituents is 1. The van der Waals surface area contributed by atoms with Gasteiger partial charge in [-0.15, -0.1) is 0 Å². The van der Waals surface area contributed by atoms with E-state index in [9.17, 15) is 14.9 Å². The van der Waals surface area contributed by atoms with Gasteiger partial charge in [0.2, 0.25) is 0 Å². The minimum Gasteiger partial charge on any atom is -0.477 e. The highest BCUT2D eigenvalue weighted by Gasteiger charge is 2.24. The number of aromatic nitrogens is 2. The lowest BCUT2D eigenvalue weighted by atomic mass is 10.1. The number of carboxylic acids is 1. The number of nitro groups is 1. The van der Waals surface area contributed by atoms with Gasteiger partial charge in [0.25, 0.3) is 0 Å². The molecule has 0 saturated heterocycles. The van der Waals surface area contributed by atoms with E-state index in [0.29, 0.717) is 5.52 Å². The fourth-order valence-electron chi connectivity index (χ4n) is 1.35. The summed E-state index contributed by atoms with van der Waals surface area (Å²) in [6.07, 6.45) is 1.28. The van der Waals surface area contributed by atoms with Crippen molar-refractivity contribution < 1.29 is 14.8 Å². The van der Waals surface area contributed by atoms with Gasteiger partial charge in [-0.3, -0.25) is 10.1 Å². The van der Waals surface area contributed by atoms with E-state index < -0.39 is 16.6 Å². The molecule has 0 saturated carbocycles. The van der Waals surface area contributed by atoms with Crippen molar-refractivity contribution in [3.8, 4) is 0 Å². The van der Waals surface area contributed by atoms with Gasteiger partial charge in [0.1, 0.15) is 5.56 Å². The van der Waals surface area contributed by atoms with E-state index in [-0.39, 0.29) is 11.1 Å². The number of H-pyrrole nitrogens is 1. The molecule has 0 atom stereocenters. The Bertz CT molecular complexity index is 560. The SMILES string of the molecule is O=C(O)c1ccc2[nH]cnc2c1[N+](=O)[O-]. The number of hydrogen-bond acceptors (Lipinski definition) is 4. The van der Waals surface area contributed by atoms with Crippen LogP contribution in [0.15, 0.2) is 18.5 Å². The predicted octanol–water partition coefficient (Wildman–Crippen LogP) is 1.17. The number of rotatable bonds is 2. The summed E-state index contributed by atoms with van der Waals surface area (Å²) in [5.41, 5.74) is -0.354. The number of imidazole rings is 1. The second-order valence-corrected chi connectivity index (χ2v) is 2.82. The summed E-state index contributed by atoms with van der Waals surface area (Å²) in [5.74, 6) is -1.34. The molecule has 2 N–H and O–H groups in total. The molecule has 0 aliphatic carbocycles. The van der Waals surface area contributed by atoms with Crippen LogP contribution in [-0.2, 0) is 0 Å². The topological polar surface area (TPSA) is 109 Å². The minimum absolute atomic E-state index is 0.0555. The Morgan fingerprint density at radius 1 is 1.53 bits per heavy atom. The van der Waals surface area contributed by atoms with Crippen LogP contribution < -0.4 is 0 Å². The smallest absolute Gasteiger partial charge is 0.342 e. The van der Waals surface area contributed by atoms with Gasteiger partial charge in [0, 0.05) is 0 Å². The molecule has 1 aromatic heterocycles. The summed E-state index contributed by atoms with van der Waals surface area (Å²) in [7, 11) is 0. The maximum Gasteiger partial charge on any atom is 0.342 e. The van der Waals surface area contributed by atoms with Gasteiger partial charge in [0.15, 0.2) is 5.52 Å². The Hall–Kier alpha value is -2.44. The highest BCUT2D eigenvalue weighted by atomic mass is 16.6. The van der Waals surface area contributed by atoms with Crippen LogP contribution in [0.3, 0.4) is 0 Å². The number of aromatic amines is 1. The third-order valence-electron chi connectivity index (χ3n) is 1.98. The van der Waals surface area contributed by atoms with Gasteiger partial charge in [-0.25, -0.2) is 9.78 Å². The summed E-state index contributed by atoms with van der Waals surface area (Å²) in [6.45, 7) is 0. The molecule has 2 rings (SSSR count). The minimum atomic E-state index is -1.34. The van der Waals surface area contributed by atoms with Crippen LogP contribution in [0.2, 0.25) is 0 Å². The van der Waals surface area contributed by atoms with Gasteiger partial charge in [-0.1, -0.05) is 0 Å². The van der Waals surface area contributed by atoms with E-state index in [1.165, 1.54) is 18.5 Å². The second kappa shape index (κ2) is 3.05. The van der Waals surface area contributed by atoms with Crippen LogP contribution in [0.5, 0.6) is 0 Å². The number of nitrogens with zero attached hydrogens (tertiary/aromatic N) is 2. The van der Waals surface area contributed by atoms with Crippen LogP contribution in [-0.4, -0.2) is 26.0 Å². The van der Waals surface area contributed by atoms with E-state index >= 15 is 0 Å². The molecular formula is C8H5N3O4. The Labute approximate surface area is 82.5 Å². The lowest BCUT2D eigenvalue weighted by Gasteiger charge is -1.97. The molecule has 76 valence electrons. The summed E-state index contributed by atoms with van der Waals surface area (Å²) in [4.78, 5) is 27.1. The first-order valence-electron chi connectivity index (χ1n) is 3.95. The zero-order valence-electron chi connectivity index (χ0n) is 7.30. The molecule has 0 aliphatic heterocycles. The van der Waals surface area contributed by atoms with Crippen molar-refractivity contribution in [1.29, 1.82) is 0 Å². The maximum absolute atomic E-state index is 10.7. The summed E-state index contributed by atoms with van der Waals surface area (Å²) in [5, 5.41) is 19.5. The van der Waals surface area contributed by atoms with Crippen molar-refractivity contribution in [2.24, 2.45) is 0 Å². The molecule has 0 unspecified atom stereocenters. The molecule has 0 amide bonds. The summed E-state index contributed by atoms with van der Waals surface area (Å²) >= 11 is 0. The van der Waals surface area contributed by atoms with Crippen LogP contribution in [0, 0.1) is 10.1 Å². The first-order valence-corrected chi connectivity index (χ1v) is 3.95. The average molecular weight is 207 g/mol. The Morgan fingerprint density at radius 2 is 2.27 bits per heavy atom. The molecule has 1 aromatic carbocycles. The van der Waals surface area contributed by atoms with Crippen molar-refractivity contribution in [1.82, 2.24) is 9.97 Å². The van der Waals surface area contributed by atoms with Crippen molar-refractivity contribution in [3.05, 3.63) is 34.1 Å². The number of aromatic carboxylic acids is 1. The molecule has 0 bridgehead atoms. The van der Waals surface area contributed by atoms with Gasteiger partial charge in [0.05, 0.1) is 16.8 Å². The second-order valence-electron chi connectivity index (χ2n) is 2.82. The molecule has 0 aliphatic rings. The molecule has 7 heteroatoms. The third-order valence-corrected chi connectivity index (χ3v) is 1.98. The Kier molecular flexibility index (Phi) is 1.86. The number of fused-ring (bicyclic) bond motifs is 1. The monoisotopic (exact) mass is 207 g/mol. The van der Waals surface area contributed by atoms with Crippen molar-refractivity contribution in [2.75, 3.05) is 0 Å². The first kappa shape index (κ1) is 9.13. The van der Waals surface area contributed by atoms with E-state index in [0.717, 1.165) is 0 Å². The molecule has 0 spiro atoms. The molecule has 2 aromatic rings. The van der Waals surface area contributed by atoms with Crippen molar-refractivity contribution >= 4 is 22.7 Å². The predicted molar refractivity (Wildman–Crippen MR) is 49.7 cm³/mol. The Morgan fingerprint density at radius 3 is 2.87 bits per heavy atom. The summed E-state index contributed by atoms with van der Waals surface area (Å²) < 4.78 is 0. The van der Waals surface area contributed by atoms with E-state index in [2.05, 4.69) is 9.97 Å².